The highest BCUT2D eigenvalue weighted by molar-refractivity contribution is 5.97. The van der Waals surface area contributed by atoms with E-state index in [1.54, 1.807) is 53.7 Å². The first-order valence-electron chi connectivity index (χ1n) is 17.8. The second kappa shape index (κ2) is 16.0. The Hall–Kier alpha value is -5.13. The van der Waals surface area contributed by atoms with Crippen LogP contribution in [0.1, 0.15) is 78.4 Å². The number of carbonyl (C=O) groups excluding carboxylic acids is 4. The molecule has 2 saturated heterocycles. The van der Waals surface area contributed by atoms with E-state index in [0.29, 0.717) is 50.4 Å². The molecular formula is C40H50FN5O6. The van der Waals surface area contributed by atoms with E-state index in [-0.39, 0.29) is 17.6 Å². The number of anilines is 3. The molecule has 0 aliphatic carbocycles. The Morgan fingerprint density at radius 2 is 1.04 bits per heavy atom. The number of hydrogen-bond donors (Lipinski definition) is 2. The van der Waals surface area contributed by atoms with Crippen LogP contribution in [0, 0.1) is 5.82 Å². The Balaban J connectivity index is 1.21. The third kappa shape index (κ3) is 10.5. The number of ether oxygens (including phenoxy) is 2. The molecule has 0 spiro atoms. The molecule has 2 atom stereocenters. The summed E-state index contributed by atoms with van der Waals surface area (Å²) >= 11 is 0. The van der Waals surface area contributed by atoms with E-state index in [1.807, 2.05) is 48.5 Å². The third-order valence-electron chi connectivity index (χ3n) is 8.75. The minimum absolute atomic E-state index is 0.257. The minimum atomic E-state index is -0.650. The lowest BCUT2D eigenvalue weighted by Gasteiger charge is -2.28. The van der Waals surface area contributed by atoms with Crippen LogP contribution in [0.5, 0.6) is 0 Å². The number of benzene rings is 3. The van der Waals surface area contributed by atoms with Gasteiger partial charge in [-0.3, -0.25) is 19.4 Å². The van der Waals surface area contributed by atoms with Crippen molar-refractivity contribution in [2.75, 3.05) is 28.6 Å². The molecule has 278 valence electrons. The van der Waals surface area contributed by atoms with E-state index in [4.69, 9.17) is 9.47 Å². The van der Waals surface area contributed by atoms with Gasteiger partial charge in [-0.05, 0) is 127 Å². The zero-order chi connectivity index (χ0) is 37.6. The molecule has 0 radical (unpaired) electrons. The van der Waals surface area contributed by atoms with Crippen molar-refractivity contribution in [3.05, 3.63) is 89.7 Å². The topological polar surface area (TPSA) is 121 Å². The fraction of sp³-hybridized carbons (Fsp3) is 0.450. The van der Waals surface area contributed by atoms with Crippen LogP contribution < -0.4 is 15.5 Å². The molecule has 11 nitrogen and oxygen atoms in total. The lowest BCUT2D eigenvalue weighted by Crippen LogP contribution is -2.45. The van der Waals surface area contributed by atoms with E-state index in [0.717, 1.165) is 29.7 Å². The van der Waals surface area contributed by atoms with Crippen LogP contribution in [0.4, 0.5) is 31.0 Å². The predicted octanol–water partition coefficient (Wildman–Crippen LogP) is 7.71. The minimum Gasteiger partial charge on any atom is -0.444 e. The normalized spacial score (nSPS) is 17.4. The number of halogens is 1. The van der Waals surface area contributed by atoms with Gasteiger partial charge in [-0.1, -0.05) is 24.3 Å². The van der Waals surface area contributed by atoms with Crippen molar-refractivity contribution in [1.29, 1.82) is 0 Å². The van der Waals surface area contributed by atoms with Gasteiger partial charge in [0.1, 0.15) is 29.1 Å². The van der Waals surface area contributed by atoms with Gasteiger partial charge < -0.3 is 25.0 Å². The third-order valence-corrected chi connectivity index (χ3v) is 8.75. The van der Waals surface area contributed by atoms with Crippen LogP contribution in [0.2, 0.25) is 0 Å². The number of carbonyl (C=O) groups is 4. The molecule has 4 amide bonds. The molecule has 2 aliphatic rings. The molecule has 2 fully saturated rings. The monoisotopic (exact) mass is 715 g/mol. The van der Waals surface area contributed by atoms with E-state index >= 15 is 0 Å². The van der Waals surface area contributed by atoms with Gasteiger partial charge in [0.2, 0.25) is 11.8 Å². The zero-order valence-corrected chi connectivity index (χ0v) is 30.9. The van der Waals surface area contributed by atoms with E-state index < -0.39 is 35.5 Å². The Morgan fingerprint density at radius 3 is 1.40 bits per heavy atom. The molecule has 0 aromatic heterocycles. The number of nitrogens with one attached hydrogen (secondary N) is 2. The van der Waals surface area contributed by atoms with Crippen LogP contribution in [-0.4, -0.2) is 70.2 Å². The van der Waals surface area contributed by atoms with E-state index in [2.05, 4.69) is 15.5 Å². The van der Waals surface area contributed by atoms with Gasteiger partial charge in [-0.25, -0.2) is 14.0 Å². The first-order valence-corrected chi connectivity index (χ1v) is 17.8. The number of amides is 4. The van der Waals surface area contributed by atoms with Crippen molar-refractivity contribution in [3.63, 3.8) is 0 Å². The molecule has 0 unspecified atom stereocenters. The van der Waals surface area contributed by atoms with Crippen molar-refractivity contribution in [2.45, 2.75) is 104 Å². The molecule has 5 rings (SSSR count). The van der Waals surface area contributed by atoms with Crippen LogP contribution in [0.15, 0.2) is 72.8 Å². The molecular weight excluding hydrogens is 665 g/mol. The van der Waals surface area contributed by atoms with Gasteiger partial charge in [-0.2, -0.15) is 0 Å². The molecule has 2 N–H and O–H groups in total. The van der Waals surface area contributed by atoms with Crippen molar-refractivity contribution in [2.24, 2.45) is 0 Å². The summed E-state index contributed by atoms with van der Waals surface area (Å²) in [5, 5.41) is 5.89. The summed E-state index contributed by atoms with van der Waals surface area (Å²) in [5.74, 6) is -0.844. The van der Waals surface area contributed by atoms with E-state index in [1.165, 1.54) is 21.9 Å². The van der Waals surface area contributed by atoms with Crippen LogP contribution in [0.3, 0.4) is 0 Å². The van der Waals surface area contributed by atoms with Crippen LogP contribution in [-0.2, 0) is 32.2 Å². The Labute approximate surface area is 305 Å². The van der Waals surface area contributed by atoms with Crippen molar-refractivity contribution in [3.8, 4) is 0 Å². The smallest absolute Gasteiger partial charge is 0.410 e. The van der Waals surface area contributed by atoms with Crippen LogP contribution >= 0.6 is 0 Å². The number of hydrogen-bond acceptors (Lipinski definition) is 7. The van der Waals surface area contributed by atoms with Crippen molar-refractivity contribution >= 4 is 41.1 Å². The summed E-state index contributed by atoms with van der Waals surface area (Å²) in [6.07, 6.45) is 1.60. The van der Waals surface area contributed by atoms with Gasteiger partial charge >= 0.3 is 12.2 Å². The first-order chi connectivity index (χ1) is 24.5. The lowest BCUT2D eigenvalue weighted by molar-refractivity contribution is -0.121. The van der Waals surface area contributed by atoms with E-state index in [9.17, 15) is 23.6 Å². The maximum atomic E-state index is 13.9. The molecule has 0 bridgehead atoms. The first kappa shape index (κ1) is 38.1. The standard InChI is InChI=1S/C40H50FN5O6/c1-39(2,3)51-37(49)45-23-7-9-33(45)35(47)42-30-17-11-27(12-18-30)25-44(32-21-15-29(41)16-22-32)26-28-13-19-31(20-14-28)43-36(48)34-10-8-24-46(34)38(50)52-40(4,5)6/h11-22,33-34H,7-10,23-26H2,1-6H3,(H,42,47)(H,43,48)/t33-,34-/m0/s1. The maximum absolute atomic E-state index is 13.9. The van der Waals surface area contributed by atoms with Gasteiger partial charge in [0.15, 0.2) is 0 Å². The fourth-order valence-electron chi connectivity index (χ4n) is 6.33. The summed E-state index contributed by atoms with van der Waals surface area (Å²) < 4.78 is 24.9. The summed E-state index contributed by atoms with van der Waals surface area (Å²) in [6.45, 7) is 12.7. The van der Waals surface area contributed by atoms with Crippen molar-refractivity contribution in [1.82, 2.24) is 9.80 Å². The highest BCUT2D eigenvalue weighted by Gasteiger charge is 2.38. The molecule has 2 aliphatic heterocycles. The fourth-order valence-corrected chi connectivity index (χ4v) is 6.33. The second-order valence-electron chi connectivity index (χ2n) is 15.4. The van der Waals surface area contributed by atoms with Gasteiger partial charge in [0.05, 0.1) is 0 Å². The Morgan fingerprint density at radius 1 is 0.654 bits per heavy atom. The van der Waals surface area contributed by atoms with Gasteiger partial charge in [0.25, 0.3) is 0 Å². The molecule has 2 heterocycles. The largest absolute Gasteiger partial charge is 0.444 e. The number of rotatable bonds is 9. The number of likely N-dealkylation sites (tertiary alicyclic amines) is 2. The highest BCUT2D eigenvalue weighted by Crippen LogP contribution is 2.26. The Kier molecular flexibility index (Phi) is 11.8. The van der Waals surface area contributed by atoms with Gasteiger partial charge in [-0.15, -0.1) is 0 Å². The quantitative estimate of drug-likeness (QED) is 0.233. The maximum Gasteiger partial charge on any atom is 0.410 e. The SMILES string of the molecule is CC(C)(C)OC(=O)N1CCC[C@H]1C(=O)Nc1ccc(CN(Cc2ccc(NC(=O)[C@@H]3CCCN3C(=O)OC(C)(C)C)cc2)c2ccc(F)cc2)cc1. The molecule has 0 saturated carbocycles. The average Bonchev–Trinajstić information content (AvgIpc) is 3.76. The average molecular weight is 716 g/mol. The molecule has 52 heavy (non-hydrogen) atoms. The zero-order valence-electron chi connectivity index (χ0n) is 30.9. The summed E-state index contributed by atoms with van der Waals surface area (Å²) in [7, 11) is 0. The highest BCUT2D eigenvalue weighted by atomic mass is 19.1. The second-order valence-corrected chi connectivity index (χ2v) is 15.4. The van der Waals surface area contributed by atoms with Crippen LogP contribution in [0.25, 0.3) is 0 Å². The molecule has 3 aromatic carbocycles. The van der Waals surface area contributed by atoms with Gasteiger partial charge in [0, 0.05) is 43.2 Å². The summed E-state index contributed by atoms with van der Waals surface area (Å²) in [6, 6.07) is 20.1. The number of nitrogens with zero attached hydrogens (tertiary/aromatic N) is 3. The summed E-state index contributed by atoms with van der Waals surface area (Å²) in [4.78, 5) is 56.8. The summed E-state index contributed by atoms with van der Waals surface area (Å²) in [5.41, 5.74) is 2.68. The lowest BCUT2D eigenvalue weighted by atomic mass is 10.1. The molecule has 12 heteroatoms. The molecule has 3 aromatic rings. The predicted molar refractivity (Wildman–Crippen MR) is 198 cm³/mol. The van der Waals surface area contributed by atoms with Crippen molar-refractivity contribution < 1.29 is 33.0 Å². The Bertz CT molecular complexity index is 1610.